The number of thiophene rings is 1. The van der Waals surface area contributed by atoms with Gasteiger partial charge in [0.15, 0.2) is 0 Å². The number of hydrogen-bond acceptors (Lipinski definition) is 5. The summed E-state index contributed by atoms with van der Waals surface area (Å²) in [4.78, 5) is 30.0. The molecule has 7 heteroatoms. The zero-order valence-electron chi connectivity index (χ0n) is 13.9. The fourth-order valence-electron chi connectivity index (χ4n) is 2.50. The maximum absolute atomic E-state index is 13.0. The second-order valence-electron chi connectivity index (χ2n) is 5.64. The first-order valence-corrected chi connectivity index (χ1v) is 9.19. The SMILES string of the molecule is CCCOC(=O)[C@@H](C)n1cnc2scc(-c3ccc(Cl)cc3)c2c1=O. The van der Waals surface area contributed by atoms with Crippen LogP contribution in [0.15, 0.2) is 40.8 Å². The number of aromatic nitrogens is 2. The van der Waals surface area contributed by atoms with Gasteiger partial charge in [-0.15, -0.1) is 11.3 Å². The molecule has 0 aliphatic heterocycles. The lowest BCUT2D eigenvalue weighted by Crippen LogP contribution is -2.29. The van der Waals surface area contributed by atoms with Crippen molar-refractivity contribution in [1.82, 2.24) is 9.55 Å². The van der Waals surface area contributed by atoms with Crippen molar-refractivity contribution in [2.45, 2.75) is 26.3 Å². The van der Waals surface area contributed by atoms with Crippen LogP contribution in [0.3, 0.4) is 0 Å². The average Bonchev–Trinajstić information content (AvgIpc) is 3.05. The molecule has 3 rings (SSSR count). The van der Waals surface area contributed by atoms with Crippen LogP contribution < -0.4 is 5.56 Å². The summed E-state index contributed by atoms with van der Waals surface area (Å²) in [5.74, 6) is -0.437. The van der Waals surface area contributed by atoms with E-state index >= 15 is 0 Å². The second kappa shape index (κ2) is 7.37. The Bertz CT molecular complexity index is 963. The van der Waals surface area contributed by atoms with Gasteiger partial charge in [0.2, 0.25) is 0 Å². The lowest BCUT2D eigenvalue weighted by molar-refractivity contribution is -0.147. The Labute approximate surface area is 153 Å². The summed E-state index contributed by atoms with van der Waals surface area (Å²) < 4.78 is 6.47. The molecule has 0 N–H and O–H groups in total. The van der Waals surface area contributed by atoms with Gasteiger partial charge in [-0.3, -0.25) is 9.36 Å². The van der Waals surface area contributed by atoms with Crippen molar-refractivity contribution < 1.29 is 9.53 Å². The molecule has 0 radical (unpaired) electrons. The van der Waals surface area contributed by atoms with Gasteiger partial charge in [0, 0.05) is 16.0 Å². The quantitative estimate of drug-likeness (QED) is 0.623. The summed E-state index contributed by atoms with van der Waals surface area (Å²) in [5.41, 5.74) is 1.42. The van der Waals surface area contributed by atoms with Gasteiger partial charge in [-0.05, 0) is 31.0 Å². The van der Waals surface area contributed by atoms with E-state index in [1.54, 1.807) is 19.1 Å². The maximum atomic E-state index is 13.0. The predicted octanol–water partition coefficient (Wildman–Crippen LogP) is 4.29. The average molecular weight is 377 g/mol. The zero-order chi connectivity index (χ0) is 18.0. The van der Waals surface area contributed by atoms with Crippen LogP contribution in [0.25, 0.3) is 21.3 Å². The Morgan fingerprint density at radius 1 is 1.36 bits per heavy atom. The van der Waals surface area contributed by atoms with Crippen molar-refractivity contribution in [1.29, 1.82) is 0 Å². The molecular weight excluding hydrogens is 360 g/mol. The standard InChI is InChI=1S/C18H17ClN2O3S/c1-3-8-24-18(23)11(2)21-10-20-16-15(17(21)22)14(9-25-16)12-4-6-13(19)7-5-12/h4-7,9-11H,3,8H2,1-2H3/t11-/m1/s1. The molecule has 2 heterocycles. The summed E-state index contributed by atoms with van der Waals surface area (Å²) >= 11 is 7.34. The Morgan fingerprint density at radius 3 is 2.76 bits per heavy atom. The predicted molar refractivity (Wildman–Crippen MR) is 100 cm³/mol. The number of carbonyl (C=O) groups excluding carboxylic acids is 1. The number of fused-ring (bicyclic) bond motifs is 1. The molecule has 0 fully saturated rings. The lowest BCUT2D eigenvalue weighted by atomic mass is 10.1. The van der Waals surface area contributed by atoms with Gasteiger partial charge >= 0.3 is 5.97 Å². The van der Waals surface area contributed by atoms with Gasteiger partial charge in [0.25, 0.3) is 5.56 Å². The fraction of sp³-hybridized carbons (Fsp3) is 0.278. The fourth-order valence-corrected chi connectivity index (χ4v) is 3.53. The summed E-state index contributed by atoms with van der Waals surface area (Å²) in [6.07, 6.45) is 2.14. The van der Waals surface area contributed by atoms with E-state index in [-0.39, 0.29) is 5.56 Å². The number of rotatable bonds is 5. The lowest BCUT2D eigenvalue weighted by Gasteiger charge is -2.14. The van der Waals surface area contributed by atoms with Crippen LogP contribution in [0, 0.1) is 0 Å². The number of ether oxygens (including phenoxy) is 1. The summed E-state index contributed by atoms with van der Waals surface area (Å²) in [6, 6.07) is 6.55. The molecule has 0 aliphatic carbocycles. The molecule has 0 unspecified atom stereocenters. The molecule has 3 aromatic rings. The van der Waals surface area contributed by atoms with Gasteiger partial charge in [-0.1, -0.05) is 30.7 Å². The van der Waals surface area contributed by atoms with E-state index in [0.29, 0.717) is 21.8 Å². The van der Waals surface area contributed by atoms with E-state index < -0.39 is 12.0 Å². The van der Waals surface area contributed by atoms with Crippen LogP contribution in [0.5, 0.6) is 0 Å². The van der Waals surface area contributed by atoms with Crippen LogP contribution in [-0.4, -0.2) is 22.1 Å². The Morgan fingerprint density at radius 2 is 2.08 bits per heavy atom. The minimum atomic E-state index is -0.728. The third-order valence-corrected chi connectivity index (χ3v) is 5.02. The van der Waals surface area contributed by atoms with E-state index in [2.05, 4.69) is 4.98 Å². The molecule has 0 saturated carbocycles. The van der Waals surface area contributed by atoms with Crippen molar-refractivity contribution >= 4 is 39.1 Å². The first-order valence-electron chi connectivity index (χ1n) is 7.93. The van der Waals surface area contributed by atoms with Crippen LogP contribution in [-0.2, 0) is 9.53 Å². The number of esters is 1. The second-order valence-corrected chi connectivity index (χ2v) is 6.93. The smallest absolute Gasteiger partial charge is 0.328 e. The van der Waals surface area contributed by atoms with Crippen LogP contribution in [0.4, 0.5) is 0 Å². The number of benzene rings is 1. The first-order chi connectivity index (χ1) is 12.0. The Balaban J connectivity index is 2.07. The van der Waals surface area contributed by atoms with E-state index in [4.69, 9.17) is 16.3 Å². The Kier molecular flexibility index (Phi) is 5.20. The molecule has 130 valence electrons. The minimum Gasteiger partial charge on any atom is -0.464 e. The number of nitrogens with zero attached hydrogens (tertiary/aromatic N) is 2. The topological polar surface area (TPSA) is 61.2 Å². The van der Waals surface area contributed by atoms with Crippen LogP contribution in [0.1, 0.15) is 26.3 Å². The van der Waals surface area contributed by atoms with Crippen LogP contribution in [0.2, 0.25) is 5.02 Å². The van der Waals surface area contributed by atoms with Crippen LogP contribution >= 0.6 is 22.9 Å². The molecule has 25 heavy (non-hydrogen) atoms. The Hall–Kier alpha value is -2.18. The molecule has 2 aromatic heterocycles. The molecule has 5 nitrogen and oxygen atoms in total. The molecule has 0 amide bonds. The van der Waals surface area contributed by atoms with Crippen molar-refractivity contribution in [2.75, 3.05) is 6.61 Å². The number of carbonyl (C=O) groups is 1. The largest absolute Gasteiger partial charge is 0.464 e. The molecule has 0 spiro atoms. The third kappa shape index (κ3) is 3.45. The molecule has 1 aromatic carbocycles. The molecule has 1 atom stereocenters. The highest BCUT2D eigenvalue weighted by Gasteiger charge is 2.21. The van der Waals surface area contributed by atoms with E-state index in [1.807, 2.05) is 24.4 Å². The molecule has 0 saturated heterocycles. The number of halogens is 1. The summed E-state index contributed by atoms with van der Waals surface area (Å²) in [7, 11) is 0. The van der Waals surface area contributed by atoms with Crippen molar-refractivity contribution in [3.8, 4) is 11.1 Å². The first kappa shape index (κ1) is 17.6. The van der Waals surface area contributed by atoms with E-state index in [1.165, 1.54) is 22.2 Å². The maximum Gasteiger partial charge on any atom is 0.328 e. The highest BCUT2D eigenvalue weighted by molar-refractivity contribution is 7.17. The van der Waals surface area contributed by atoms with E-state index in [9.17, 15) is 9.59 Å². The third-order valence-electron chi connectivity index (χ3n) is 3.88. The number of hydrogen-bond donors (Lipinski definition) is 0. The van der Waals surface area contributed by atoms with Crippen molar-refractivity contribution in [2.24, 2.45) is 0 Å². The van der Waals surface area contributed by atoms with Gasteiger partial charge in [0.1, 0.15) is 10.9 Å². The summed E-state index contributed by atoms with van der Waals surface area (Å²) in [5, 5.41) is 3.03. The van der Waals surface area contributed by atoms with E-state index in [0.717, 1.165) is 17.5 Å². The van der Waals surface area contributed by atoms with Crippen molar-refractivity contribution in [3.05, 3.63) is 51.3 Å². The van der Waals surface area contributed by atoms with Gasteiger partial charge in [-0.2, -0.15) is 0 Å². The van der Waals surface area contributed by atoms with Gasteiger partial charge < -0.3 is 4.74 Å². The van der Waals surface area contributed by atoms with Gasteiger partial charge in [0.05, 0.1) is 18.3 Å². The zero-order valence-corrected chi connectivity index (χ0v) is 15.4. The minimum absolute atomic E-state index is 0.253. The molecule has 0 aliphatic rings. The molecule has 0 bridgehead atoms. The molecular formula is C18H17ClN2O3S. The highest BCUT2D eigenvalue weighted by Crippen LogP contribution is 2.31. The van der Waals surface area contributed by atoms with Crippen molar-refractivity contribution in [3.63, 3.8) is 0 Å². The summed E-state index contributed by atoms with van der Waals surface area (Å²) in [6.45, 7) is 3.89. The highest BCUT2D eigenvalue weighted by atomic mass is 35.5. The monoisotopic (exact) mass is 376 g/mol. The van der Waals surface area contributed by atoms with Gasteiger partial charge in [-0.25, -0.2) is 9.78 Å². The normalized spacial score (nSPS) is 12.3.